The number of carbonyl (C=O) groups is 1. The number of aromatic nitrogens is 1. The molecule has 10 heteroatoms. The van der Waals surface area contributed by atoms with Crippen LogP contribution < -0.4 is 14.3 Å². The molecule has 0 N–H and O–H groups in total. The van der Waals surface area contributed by atoms with Gasteiger partial charge in [-0.15, -0.1) is 0 Å². The van der Waals surface area contributed by atoms with E-state index in [2.05, 4.69) is 4.99 Å². The molecule has 0 aliphatic carbocycles. The van der Waals surface area contributed by atoms with Crippen molar-refractivity contribution in [1.29, 1.82) is 0 Å². The van der Waals surface area contributed by atoms with Crippen molar-refractivity contribution in [2.45, 2.75) is 13.5 Å². The van der Waals surface area contributed by atoms with Crippen LogP contribution in [0.4, 0.5) is 5.69 Å². The summed E-state index contributed by atoms with van der Waals surface area (Å²) in [5, 5.41) is 10.9. The molecule has 0 spiro atoms. The van der Waals surface area contributed by atoms with Crippen molar-refractivity contribution in [2.75, 3.05) is 27.4 Å². The zero-order valence-electron chi connectivity index (χ0n) is 17.9. The first-order chi connectivity index (χ1) is 15.5. The van der Waals surface area contributed by atoms with Crippen molar-refractivity contribution < 1.29 is 23.9 Å². The number of ether oxygens (including phenoxy) is 3. The molecule has 32 heavy (non-hydrogen) atoms. The van der Waals surface area contributed by atoms with Crippen LogP contribution in [0, 0.1) is 10.1 Å². The van der Waals surface area contributed by atoms with Gasteiger partial charge in [0.25, 0.3) is 11.6 Å². The van der Waals surface area contributed by atoms with E-state index in [1.54, 1.807) is 26.4 Å². The topological polar surface area (TPSA) is 105 Å². The Balaban J connectivity index is 1.99. The van der Waals surface area contributed by atoms with Crippen LogP contribution in [0.2, 0.25) is 0 Å². The molecule has 0 bridgehead atoms. The molecule has 9 nitrogen and oxygen atoms in total. The van der Waals surface area contributed by atoms with E-state index >= 15 is 0 Å². The Bertz CT molecular complexity index is 1230. The molecule has 0 aliphatic heterocycles. The van der Waals surface area contributed by atoms with Gasteiger partial charge in [-0.3, -0.25) is 14.9 Å². The van der Waals surface area contributed by atoms with Gasteiger partial charge in [0.2, 0.25) is 0 Å². The van der Waals surface area contributed by atoms with Crippen LogP contribution in [0.15, 0.2) is 47.5 Å². The number of nitrogens with zero attached hydrogens (tertiary/aromatic N) is 3. The van der Waals surface area contributed by atoms with E-state index in [1.807, 2.05) is 23.6 Å². The summed E-state index contributed by atoms with van der Waals surface area (Å²) in [6.45, 7) is 3.46. The highest BCUT2D eigenvalue weighted by Gasteiger charge is 2.13. The second-order valence-corrected chi connectivity index (χ2v) is 7.55. The van der Waals surface area contributed by atoms with Gasteiger partial charge in [-0.05, 0) is 18.6 Å². The Kier molecular flexibility index (Phi) is 7.74. The number of rotatable bonds is 9. The Hall–Kier alpha value is -3.50. The van der Waals surface area contributed by atoms with E-state index in [9.17, 15) is 14.9 Å². The van der Waals surface area contributed by atoms with E-state index in [0.29, 0.717) is 41.6 Å². The summed E-state index contributed by atoms with van der Waals surface area (Å²) in [5.74, 6) is 0.681. The summed E-state index contributed by atoms with van der Waals surface area (Å²) < 4.78 is 19.1. The van der Waals surface area contributed by atoms with Gasteiger partial charge in [-0.1, -0.05) is 23.5 Å². The zero-order valence-corrected chi connectivity index (χ0v) is 18.8. The molecule has 3 rings (SSSR count). The average molecular weight is 458 g/mol. The molecule has 1 heterocycles. The number of carbonyl (C=O) groups excluding carboxylic acids is 1. The Labute approximate surface area is 188 Å². The smallest absolute Gasteiger partial charge is 0.272 e. The standard InChI is InChI=1S/C22H23N3O6S/c1-4-31-11-10-24-17-13-18(29-2)19(30-3)14-20(17)32-22(24)23-21(26)9-8-15-6-5-7-16(12-15)25(27)28/h5-9,12-14H,4,10-11H2,1-3H3. The maximum atomic E-state index is 12.5. The van der Waals surface area contributed by atoms with E-state index in [-0.39, 0.29) is 5.69 Å². The minimum atomic E-state index is -0.482. The lowest BCUT2D eigenvalue weighted by Gasteiger charge is -2.09. The van der Waals surface area contributed by atoms with Crippen LogP contribution in [0.25, 0.3) is 16.3 Å². The lowest BCUT2D eigenvalue weighted by atomic mass is 10.2. The lowest BCUT2D eigenvalue weighted by Crippen LogP contribution is -2.19. The van der Waals surface area contributed by atoms with Crippen LogP contribution in [-0.2, 0) is 16.1 Å². The molecule has 1 amide bonds. The second-order valence-electron chi connectivity index (χ2n) is 6.54. The maximum absolute atomic E-state index is 12.5. The largest absolute Gasteiger partial charge is 0.493 e. The van der Waals surface area contributed by atoms with Crippen molar-refractivity contribution in [3.8, 4) is 11.5 Å². The lowest BCUT2D eigenvalue weighted by molar-refractivity contribution is -0.384. The number of nitro benzene ring substituents is 1. The second kappa shape index (κ2) is 10.7. The van der Waals surface area contributed by atoms with Gasteiger partial charge in [-0.25, -0.2) is 0 Å². The summed E-state index contributed by atoms with van der Waals surface area (Å²) in [4.78, 5) is 27.7. The minimum Gasteiger partial charge on any atom is -0.493 e. The van der Waals surface area contributed by atoms with Gasteiger partial charge in [0.05, 0.1) is 36.0 Å². The molecule has 0 aliphatic rings. The fraction of sp³-hybridized carbons (Fsp3) is 0.273. The summed E-state index contributed by atoms with van der Waals surface area (Å²) in [6, 6.07) is 9.72. The number of methoxy groups -OCH3 is 2. The van der Waals surface area contributed by atoms with Gasteiger partial charge in [-0.2, -0.15) is 4.99 Å². The van der Waals surface area contributed by atoms with Crippen LogP contribution in [0.5, 0.6) is 11.5 Å². The first-order valence-corrected chi connectivity index (χ1v) is 10.6. The van der Waals surface area contributed by atoms with Crippen LogP contribution in [0.3, 0.4) is 0 Å². The van der Waals surface area contributed by atoms with Gasteiger partial charge in [0.15, 0.2) is 16.3 Å². The van der Waals surface area contributed by atoms with Crippen molar-refractivity contribution in [2.24, 2.45) is 4.99 Å². The average Bonchev–Trinajstić information content (AvgIpc) is 3.12. The molecular formula is C22H23N3O6S. The monoisotopic (exact) mass is 457 g/mol. The predicted octanol–water partition coefficient (Wildman–Crippen LogP) is 3.81. The van der Waals surface area contributed by atoms with Gasteiger partial charge in [0.1, 0.15) is 0 Å². The molecule has 3 aromatic rings. The fourth-order valence-corrected chi connectivity index (χ4v) is 4.11. The maximum Gasteiger partial charge on any atom is 0.272 e. The third-order valence-electron chi connectivity index (χ3n) is 4.56. The van der Waals surface area contributed by atoms with E-state index in [4.69, 9.17) is 14.2 Å². The molecule has 0 saturated heterocycles. The number of benzene rings is 2. The van der Waals surface area contributed by atoms with Gasteiger partial charge in [0, 0.05) is 43.5 Å². The van der Waals surface area contributed by atoms with E-state index in [0.717, 1.165) is 10.2 Å². The molecule has 1 aromatic heterocycles. The van der Waals surface area contributed by atoms with Crippen molar-refractivity contribution in [3.63, 3.8) is 0 Å². The molecule has 2 aromatic carbocycles. The number of hydrogen-bond acceptors (Lipinski definition) is 7. The van der Waals surface area contributed by atoms with Crippen molar-refractivity contribution >= 4 is 39.2 Å². The van der Waals surface area contributed by atoms with Crippen LogP contribution >= 0.6 is 11.3 Å². The quantitative estimate of drug-likeness (QED) is 0.209. The minimum absolute atomic E-state index is 0.0438. The zero-order chi connectivity index (χ0) is 23.1. The highest BCUT2D eigenvalue weighted by atomic mass is 32.1. The van der Waals surface area contributed by atoms with Crippen molar-refractivity contribution in [1.82, 2.24) is 4.57 Å². The highest BCUT2D eigenvalue weighted by molar-refractivity contribution is 7.16. The van der Waals surface area contributed by atoms with Crippen LogP contribution in [-0.4, -0.2) is 42.8 Å². The number of fused-ring (bicyclic) bond motifs is 1. The third-order valence-corrected chi connectivity index (χ3v) is 5.60. The summed E-state index contributed by atoms with van der Waals surface area (Å²) >= 11 is 1.35. The third kappa shape index (κ3) is 5.40. The molecule has 0 radical (unpaired) electrons. The summed E-state index contributed by atoms with van der Waals surface area (Å²) in [6.07, 6.45) is 2.79. The molecule has 0 fully saturated rings. The van der Waals surface area contributed by atoms with Gasteiger partial charge < -0.3 is 18.8 Å². The SMILES string of the molecule is CCOCCn1c(=NC(=O)C=Cc2cccc([N+](=O)[O-])c2)sc2cc(OC)c(OC)cc21. The number of amides is 1. The normalized spacial score (nSPS) is 11.9. The molecule has 0 unspecified atom stereocenters. The first kappa shape index (κ1) is 23.2. The van der Waals surface area contributed by atoms with E-state index in [1.165, 1.54) is 35.6 Å². The van der Waals surface area contributed by atoms with Crippen molar-refractivity contribution in [3.05, 3.63) is 63.0 Å². The Morgan fingerprint density at radius 3 is 2.66 bits per heavy atom. The number of thiazole rings is 1. The predicted molar refractivity (Wildman–Crippen MR) is 122 cm³/mol. The van der Waals surface area contributed by atoms with Gasteiger partial charge >= 0.3 is 0 Å². The summed E-state index contributed by atoms with van der Waals surface area (Å²) in [7, 11) is 3.13. The first-order valence-electron chi connectivity index (χ1n) is 9.81. The fourth-order valence-electron chi connectivity index (χ4n) is 3.04. The molecule has 0 saturated carbocycles. The molecule has 0 atom stereocenters. The number of nitro groups is 1. The molecule has 168 valence electrons. The Morgan fingerprint density at radius 1 is 1.22 bits per heavy atom. The molecular weight excluding hydrogens is 434 g/mol. The number of hydrogen-bond donors (Lipinski definition) is 0. The van der Waals surface area contributed by atoms with Crippen LogP contribution in [0.1, 0.15) is 12.5 Å². The number of non-ortho nitro benzene ring substituents is 1. The Morgan fingerprint density at radius 2 is 1.97 bits per heavy atom. The highest BCUT2D eigenvalue weighted by Crippen LogP contribution is 2.33. The van der Waals surface area contributed by atoms with E-state index < -0.39 is 10.8 Å². The summed E-state index contributed by atoms with van der Waals surface area (Å²) in [5.41, 5.74) is 1.34.